The van der Waals surface area contributed by atoms with Gasteiger partial charge in [0.25, 0.3) is 6.43 Å². The van der Waals surface area contributed by atoms with Crippen molar-refractivity contribution < 1.29 is 18.0 Å². The van der Waals surface area contributed by atoms with Crippen LogP contribution < -0.4 is 15.7 Å². The topological polar surface area (TPSA) is 78.7 Å². The number of fused-ring (bicyclic) bond motifs is 3. The zero-order chi connectivity index (χ0) is 26.3. The van der Waals surface area contributed by atoms with Crippen LogP contribution in [0.1, 0.15) is 49.7 Å². The number of amides is 1. The van der Waals surface area contributed by atoms with Gasteiger partial charge in [-0.05, 0) is 19.9 Å². The van der Waals surface area contributed by atoms with Crippen LogP contribution in [-0.4, -0.2) is 58.1 Å². The number of carbonyl (C=O) groups excluding carboxylic acids is 1. The monoisotopic (exact) mass is 513 g/mol. The summed E-state index contributed by atoms with van der Waals surface area (Å²) in [4.78, 5) is 30.2. The zero-order valence-electron chi connectivity index (χ0n) is 21.1. The van der Waals surface area contributed by atoms with Crippen molar-refractivity contribution in [3.8, 4) is 11.4 Å². The number of rotatable bonds is 5. The maximum absolute atomic E-state index is 14.9. The molecule has 1 saturated heterocycles. The predicted molar refractivity (Wildman–Crippen MR) is 134 cm³/mol. The van der Waals surface area contributed by atoms with Gasteiger partial charge in [-0.2, -0.15) is 0 Å². The molecule has 0 saturated carbocycles. The Kier molecular flexibility index (Phi) is 6.78. The number of hydrogen-bond donors (Lipinski definition) is 1. The molecule has 5 rings (SSSR count). The number of piperazine rings is 1. The smallest absolute Gasteiger partial charge is 0.266 e. The number of aromatic nitrogens is 3. The molecule has 1 atom stereocenters. The molecule has 1 unspecified atom stereocenters. The molecule has 0 bridgehead atoms. The summed E-state index contributed by atoms with van der Waals surface area (Å²) in [6, 6.07) is 5.25. The third kappa shape index (κ3) is 4.62. The molecule has 0 aliphatic carbocycles. The van der Waals surface area contributed by atoms with E-state index in [-0.39, 0.29) is 11.5 Å². The molecule has 1 aromatic rings. The van der Waals surface area contributed by atoms with E-state index in [4.69, 9.17) is 4.99 Å². The van der Waals surface area contributed by atoms with Crippen molar-refractivity contribution in [2.24, 2.45) is 4.99 Å². The van der Waals surface area contributed by atoms with Crippen LogP contribution in [0.2, 0.25) is 0 Å². The molecule has 0 radical (unpaired) electrons. The molecule has 1 amide bonds. The predicted octanol–water partition coefficient (Wildman–Crippen LogP) is 3.91. The lowest BCUT2D eigenvalue weighted by atomic mass is 10.0. The maximum atomic E-state index is 14.9. The molecular weight excluding hydrogens is 483 g/mol. The van der Waals surface area contributed by atoms with Crippen LogP contribution in [0.5, 0.6) is 0 Å². The largest absolute Gasteiger partial charge is 0.368 e. The van der Waals surface area contributed by atoms with Crippen LogP contribution in [0.3, 0.4) is 0 Å². The molecule has 4 heterocycles. The van der Waals surface area contributed by atoms with Crippen molar-refractivity contribution in [3.05, 3.63) is 52.5 Å². The van der Waals surface area contributed by atoms with E-state index < -0.39 is 23.8 Å². The van der Waals surface area contributed by atoms with Crippen LogP contribution in [0.15, 0.2) is 29.3 Å². The minimum absolute atomic E-state index is 0.0923. The summed E-state index contributed by atoms with van der Waals surface area (Å²) < 4.78 is 43.5. The highest BCUT2D eigenvalue weighted by Crippen LogP contribution is 2.36. The summed E-state index contributed by atoms with van der Waals surface area (Å²) >= 11 is 0. The Morgan fingerprint density at radius 2 is 1.86 bits per heavy atom. The van der Waals surface area contributed by atoms with Gasteiger partial charge in [0.1, 0.15) is 23.3 Å². The lowest BCUT2D eigenvalue weighted by Gasteiger charge is -2.37. The molecule has 4 aliphatic heterocycles. The first-order valence-electron chi connectivity index (χ1n) is 12.6. The molecule has 0 aromatic heterocycles. The molecule has 196 valence electrons. The lowest BCUT2D eigenvalue weighted by Crippen LogP contribution is -2.48. The third-order valence-electron chi connectivity index (χ3n) is 7.03. The van der Waals surface area contributed by atoms with Crippen LogP contribution in [0.25, 0.3) is 11.4 Å². The maximum Gasteiger partial charge on any atom is 0.266 e. The van der Waals surface area contributed by atoms with Crippen LogP contribution >= 0.6 is 0 Å². The first-order chi connectivity index (χ1) is 17.8. The molecule has 1 fully saturated rings. The minimum Gasteiger partial charge on any atom is -0.368 e. The Bertz CT molecular complexity index is 1360. The Hall–Kier alpha value is -3.63. The van der Waals surface area contributed by atoms with Gasteiger partial charge in [-0.1, -0.05) is 25.1 Å². The van der Waals surface area contributed by atoms with Gasteiger partial charge in [-0.15, -0.1) is 0 Å². The Morgan fingerprint density at radius 1 is 1.14 bits per heavy atom. The summed E-state index contributed by atoms with van der Waals surface area (Å²) in [5.41, 5.74) is 1.52. The van der Waals surface area contributed by atoms with Gasteiger partial charge < -0.3 is 19.7 Å². The molecule has 11 heteroatoms. The number of aryl methyl sites for hydroxylation is 1. The fraction of sp³-hybridized carbons (Fsp3) is 0.462. The summed E-state index contributed by atoms with van der Waals surface area (Å²) in [6.45, 7) is 9.43. The third-order valence-corrected chi connectivity index (χ3v) is 7.03. The lowest BCUT2D eigenvalue weighted by molar-refractivity contribution is -0.131. The van der Waals surface area contributed by atoms with Crippen LogP contribution in [0, 0.1) is 12.7 Å². The normalized spacial score (nSPS) is 16.9. The summed E-state index contributed by atoms with van der Waals surface area (Å²) in [7, 11) is 0. The average molecular weight is 514 g/mol. The van der Waals surface area contributed by atoms with Crippen LogP contribution in [-0.2, 0) is 11.3 Å². The highest BCUT2D eigenvalue weighted by Gasteiger charge is 2.28. The SMILES string of the molecule is CCC(=O)N1CCN(c2cc3c(=NC(C)c4cccc(C(F)F)c4F)nc(C)nc-3n3c2NCC3)CC1. The van der Waals surface area contributed by atoms with E-state index >= 15 is 0 Å². The Balaban J connectivity index is 1.59. The van der Waals surface area contributed by atoms with E-state index in [1.165, 1.54) is 12.1 Å². The Morgan fingerprint density at radius 3 is 2.57 bits per heavy atom. The highest BCUT2D eigenvalue weighted by atomic mass is 19.3. The van der Waals surface area contributed by atoms with E-state index in [1.807, 2.05) is 17.9 Å². The number of carbonyl (C=O) groups is 1. The van der Waals surface area contributed by atoms with E-state index in [1.54, 1.807) is 13.8 Å². The van der Waals surface area contributed by atoms with Crippen molar-refractivity contribution in [1.29, 1.82) is 0 Å². The number of anilines is 2. The quantitative estimate of drug-likeness (QED) is 0.560. The number of halogens is 3. The number of pyridine rings is 1. The van der Waals surface area contributed by atoms with E-state index in [0.29, 0.717) is 61.8 Å². The van der Waals surface area contributed by atoms with Crippen molar-refractivity contribution >= 4 is 17.4 Å². The highest BCUT2D eigenvalue weighted by molar-refractivity contribution is 5.78. The van der Waals surface area contributed by atoms with Gasteiger partial charge in [-0.25, -0.2) is 23.1 Å². The van der Waals surface area contributed by atoms with E-state index in [0.717, 1.165) is 24.1 Å². The summed E-state index contributed by atoms with van der Waals surface area (Å²) in [5.74, 6) is 1.39. The van der Waals surface area contributed by atoms with Gasteiger partial charge >= 0.3 is 0 Å². The number of benzene rings is 1. The molecule has 1 aromatic carbocycles. The second-order valence-corrected chi connectivity index (χ2v) is 9.37. The number of nitrogens with zero attached hydrogens (tertiary/aromatic N) is 6. The second-order valence-electron chi connectivity index (χ2n) is 9.37. The molecule has 8 nitrogen and oxygen atoms in total. The first-order valence-corrected chi connectivity index (χ1v) is 12.6. The first kappa shape index (κ1) is 25.0. The average Bonchev–Trinajstić information content (AvgIpc) is 3.38. The number of alkyl halides is 2. The molecule has 37 heavy (non-hydrogen) atoms. The zero-order valence-corrected chi connectivity index (χ0v) is 21.1. The molecule has 0 spiro atoms. The van der Waals surface area contributed by atoms with Crippen LogP contribution in [0.4, 0.5) is 24.7 Å². The van der Waals surface area contributed by atoms with Crippen molar-refractivity contribution in [2.45, 2.75) is 46.2 Å². The minimum atomic E-state index is -2.91. The molecule has 1 N–H and O–H groups in total. The Labute approximate surface area is 213 Å². The summed E-state index contributed by atoms with van der Waals surface area (Å²) in [6.07, 6.45) is -2.42. The van der Waals surface area contributed by atoms with Crippen molar-refractivity contribution in [1.82, 2.24) is 19.4 Å². The van der Waals surface area contributed by atoms with E-state index in [9.17, 15) is 18.0 Å². The fourth-order valence-corrected chi connectivity index (χ4v) is 5.10. The number of nitrogens with one attached hydrogen (secondary N) is 1. The standard InChI is InChI=1S/C26H30F3N7O/c1-4-21(37)35-12-10-34(11-13-35)20-14-19-24(32-16(3)33-25(19)36-9-8-30-26(20)36)31-15(2)17-6-5-7-18(22(17)27)23(28)29/h5-7,14-15,23,30H,4,8-13H2,1-3H3. The van der Waals surface area contributed by atoms with Gasteiger partial charge in [0.05, 0.1) is 22.9 Å². The molecular formula is C26H30F3N7O. The number of hydrogen-bond acceptors (Lipinski definition) is 6. The van der Waals surface area contributed by atoms with E-state index in [2.05, 4.69) is 24.8 Å². The molecule has 4 aliphatic rings. The van der Waals surface area contributed by atoms with Gasteiger partial charge in [0.15, 0.2) is 5.49 Å². The fourth-order valence-electron chi connectivity index (χ4n) is 5.10. The van der Waals surface area contributed by atoms with Gasteiger partial charge in [0.2, 0.25) is 5.91 Å². The van der Waals surface area contributed by atoms with Gasteiger partial charge in [0, 0.05) is 51.3 Å². The van der Waals surface area contributed by atoms with Crippen molar-refractivity contribution in [3.63, 3.8) is 0 Å². The van der Waals surface area contributed by atoms with Gasteiger partial charge in [-0.3, -0.25) is 9.79 Å². The second kappa shape index (κ2) is 10.0. The summed E-state index contributed by atoms with van der Waals surface area (Å²) in [5, 5.41) is 3.46. The van der Waals surface area contributed by atoms with Crippen molar-refractivity contribution in [2.75, 3.05) is 42.9 Å².